The zero-order valence-electron chi connectivity index (χ0n) is 23.9. The lowest BCUT2D eigenvalue weighted by atomic mass is 9.76. The average molecular weight is 552 g/mol. The molecule has 4 aromatic carbocycles. The summed E-state index contributed by atoms with van der Waals surface area (Å²) in [5, 5.41) is 3.25. The van der Waals surface area contributed by atoms with Crippen molar-refractivity contribution < 1.29 is 4.79 Å². The quantitative estimate of drug-likeness (QED) is 0.189. The molecular formula is C38H37N3O. The van der Waals surface area contributed by atoms with Crippen LogP contribution in [0.15, 0.2) is 134 Å². The standard InChI is InChI=1S/C38H37N3O/c1-2-29-18-22-31(23-19-29)37(42)40-35-24-20-30(21-25-35)26-36-27-41(28-39-36)38(32-12-6-3-7-13-32,33-14-8-4-9-15-33)34-16-10-5-11-17-34/h2-19,22-23,27-28,30,35H,1,20-21,24-26H2,(H,40,42). The highest BCUT2D eigenvalue weighted by Crippen LogP contribution is 2.41. The van der Waals surface area contributed by atoms with Crippen molar-refractivity contribution in [3.8, 4) is 0 Å². The third kappa shape index (κ3) is 5.58. The van der Waals surface area contributed by atoms with Gasteiger partial charge in [-0.1, -0.05) is 116 Å². The fourth-order valence-corrected chi connectivity index (χ4v) is 6.48. The Morgan fingerprint density at radius 3 is 1.81 bits per heavy atom. The van der Waals surface area contributed by atoms with Crippen LogP contribution in [0.5, 0.6) is 0 Å². The van der Waals surface area contributed by atoms with Crippen LogP contribution in [0, 0.1) is 5.92 Å². The van der Waals surface area contributed by atoms with Crippen LogP contribution in [0.2, 0.25) is 0 Å². The van der Waals surface area contributed by atoms with Gasteiger partial charge in [0.2, 0.25) is 0 Å². The van der Waals surface area contributed by atoms with Crippen LogP contribution in [-0.2, 0) is 12.0 Å². The monoisotopic (exact) mass is 551 g/mol. The summed E-state index contributed by atoms with van der Waals surface area (Å²) in [6.45, 7) is 3.78. The molecule has 6 rings (SSSR count). The molecule has 5 aromatic rings. The highest BCUT2D eigenvalue weighted by molar-refractivity contribution is 5.94. The topological polar surface area (TPSA) is 46.9 Å². The molecule has 1 aliphatic rings. The number of hydrogen-bond acceptors (Lipinski definition) is 2. The van der Waals surface area contributed by atoms with Gasteiger partial charge in [0, 0.05) is 17.8 Å². The van der Waals surface area contributed by atoms with E-state index in [1.165, 1.54) is 16.7 Å². The first-order valence-electron chi connectivity index (χ1n) is 14.9. The number of imidazole rings is 1. The number of hydrogen-bond donors (Lipinski definition) is 1. The van der Waals surface area contributed by atoms with Crippen molar-refractivity contribution in [3.63, 3.8) is 0 Å². The van der Waals surface area contributed by atoms with E-state index in [-0.39, 0.29) is 11.9 Å². The number of carbonyl (C=O) groups excluding carboxylic acids is 1. The van der Waals surface area contributed by atoms with Crippen LogP contribution in [0.25, 0.3) is 6.08 Å². The fraction of sp³-hybridized carbons (Fsp3) is 0.211. The average Bonchev–Trinajstić information content (AvgIpc) is 3.52. The number of carbonyl (C=O) groups is 1. The third-order valence-corrected chi connectivity index (χ3v) is 8.69. The molecule has 0 bridgehead atoms. The molecule has 1 saturated carbocycles. The van der Waals surface area contributed by atoms with E-state index >= 15 is 0 Å². The number of nitrogens with one attached hydrogen (secondary N) is 1. The number of benzene rings is 4. The maximum absolute atomic E-state index is 12.8. The van der Waals surface area contributed by atoms with Crippen molar-refractivity contribution in [3.05, 3.63) is 168 Å². The van der Waals surface area contributed by atoms with Gasteiger partial charge >= 0.3 is 0 Å². The molecule has 0 spiro atoms. The molecule has 4 heteroatoms. The summed E-state index contributed by atoms with van der Waals surface area (Å²) in [4.78, 5) is 17.7. The van der Waals surface area contributed by atoms with E-state index in [2.05, 4.69) is 114 Å². The normalized spacial score (nSPS) is 17.0. The molecule has 0 unspecified atom stereocenters. The molecule has 1 aromatic heterocycles. The number of rotatable bonds is 9. The predicted octanol–water partition coefficient (Wildman–Crippen LogP) is 7.90. The lowest BCUT2D eigenvalue weighted by Crippen LogP contribution is -2.38. The lowest BCUT2D eigenvalue weighted by Gasteiger charge is -2.37. The highest BCUT2D eigenvalue weighted by atomic mass is 16.1. The minimum atomic E-state index is -0.541. The third-order valence-electron chi connectivity index (χ3n) is 8.69. The van der Waals surface area contributed by atoms with Gasteiger partial charge in [-0.2, -0.15) is 0 Å². The Labute approximate surface area is 248 Å². The van der Waals surface area contributed by atoms with Crippen LogP contribution < -0.4 is 5.32 Å². The van der Waals surface area contributed by atoms with Gasteiger partial charge in [0.15, 0.2) is 0 Å². The molecule has 0 aliphatic heterocycles. The molecule has 1 fully saturated rings. The van der Waals surface area contributed by atoms with E-state index in [1.807, 2.05) is 30.6 Å². The maximum atomic E-state index is 12.8. The zero-order chi connectivity index (χ0) is 28.8. The molecule has 0 radical (unpaired) electrons. The van der Waals surface area contributed by atoms with Crippen molar-refractivity contribution >= 4 is 12.0 Å². The number of amides is 1. The van der Waals surface area contributed by atoms with Gasteiger partial charge in [-0.05, 0) is 72.4 Å². The molecule has 1 aliphatic carbocycles. The minimum Gasteiger partial charge on any atom is -0.349 e. The smallest absolute Gasteiger partial charge is 0.251 e. The summed E-state index contributed by atoms with van der Waals surface area (Å²) < 4.78 is 2.30. The Balaban J connectivity index is 1.20. The zero-order valence-corrected chi connectivity index (χ0v) is 23.9. The Morgan fingerprint density at radius 1 is 0.786 bits per heavy atom. The Bertz CT molecular complexity index is 1500. The lowest BCUT2D eigenvalue weighted by molar-refractivity contribution is 0.0921. The van der Waals surface area contributed by atoms with Crippen molar-refractivity contribution in [1.29, 1.82) is 0 Å². The number of aromatic nitrogens is 2. The number of nitrogens with zero attached hydrogens (tertiary/aromatic N) is 2. The molecule has 0 saturated heterocycles. The van der Waals surface area contributed by atoms with Crippen LogP contribution in [-0.4, -0.2) is 21.5 Å². The van der Waals surface area contributed by atoms with E-state index in [1.54, 1.807) is 6.08 Å². The summed E-state index contributed by atoms with van der Waals surface area (Å²) in [6, 6.07) is 40.0. The van der Waals surface area contributed by atoms with Crippen LogP contribution in [0.4, 0.5) is 0 Å². The van der Waals surface area contributed by atoms with E-state index in [4.69, 9.17) is 4.98 Å². The summed E-state index contributed by atoms with van der Waals surface area (Å²) in [5.74, 6) is 0.555. The molecule has 42 heavy (non-hydrogen) atoms. The summed E-state index contributed by atoms with van der Waals surface area (Å²) in [6.07, 6.45) is 11.1. The second-order valence-corrected chi connectivity index (χ2v) is 11.3. The molecule has 1 amide bonds. The second kappa shape index (κ2) is 12.4. The highest BCUT2D eigenvalue weighted by Gasteiger charge is 2.38. The van der Waals surface area contributed by atoms with E-state index in [0.717, 1.165) is 43.4 Å². The molecule has 210 valence electrons. The van der Waals surface area contributed by atoms with Crippen molar-refractivity contribution in [1.82, 2.24) is 14.9 Å². The van der Waals surface area contributed by atoms with Crippen molar-refractivity contribution in [2.45, 2.75) is 43.7 Å². The van der Waals surface area contributed by atoms with Gasteiger partial charge in [0.05, 0.1) is 12.0 Å². The summed E-state index contributed by atoms with van der Waals surface area (Å²) in [7, 11) is 0. The predicted molar refractivity (Wildman–Crippen MR) is 170 cm³/mol. The van der Waals surface area contributed by atoms with Gasteiger partial charge in [0.1, 0.15) is 5.54 Å². The van der Waals surface area contributed by atoms with Gasteiger partial charge in [0.25, 0.3) is 5.91 Å². The van der Waals surface area contributed by atoms with Gasteiger partial charge in [-0.25, -0.2) is 4.98 Å². The largest absolute Gasteiger partial charge is 0.349 e. The fourth-order valence-electron chi connectivity index (χ4n) is 6.48. The van der Waals surface area contributed by atoms with Crippen LogP contribution in [0.3, 0.4) is 0 Å². The minimum absolute atomic E-state index is 0.00637. The molecular weight excluding hydrogens is 514 g/mol. The van der Waals surface area contributed by atoms with E-state index in [0.29, 0.717) is 11.5 Å². The van der Waals surface area contributed by atoms with Gasteiger partial charge < -0.3 is 9.88 Å². The first-order valence-corrected chi connectivity index (χ1v) is 14.9. The van der Waals surface area contributed by atoms with Crippen molar-refractivity contribution in [2.24, 2.45) is 5.92 Å². The van der Waals surface area contributed by atoms with Crippen LogP contribution >= 0.6 is 0 Å². The van der Waals surface area contributed by atoms with Crippen LogP contribution in [0.1, 0.15) is 64.0 Å². The van der Waals surface area contributed by atoms with Crippen molar-refractivity contribution in [2.75, 3.05) is 0 Å². The Morgan fingerprint density at radius 2 is 1.31 bits per heavy atom. The van der Waals surface area contributed by atoms with Gasteiger partial charge in [-0.15, -0.1) is 0 Å². The first kappa shape index (κ1) is 27.5. The van der Waals surface area contributed by atoms with E-state index in [9.17, 15) is 4.79 Å². The Kier molecular flexibility index (Phi) is 8.14. The molecule has 0 atom stereocenters. The summed E-state index contributed by atoms with van der Waals surface area (Å²) >= 11 is 0. The molecule has 1 N–H and O–H groups in total. The second-order valence-electron chi connectivity index (χ2n) is 11.3. The van der Waals surface area contributed by atoms with Gasteiger partial charge in [-0.3, -0.25) is 4.79 Å². The summed E-state index contributed by atoms with van der Waals surface area (Å²) in [5.41, 5.74) is 5.87. The van der Waals surface area contributed by atoms with E-state index < -0.39 is 5.54 Å². The Hall–Kier alpha value is -4.70. The first-order chi connectivity index (χ1) is 20.7. The molecule has 1 heterocycles. The maximum Gasteiger partial charge on any atom is 0.251 e. The molecule has 4 nitrogen and oxygen atoms in total. The SMILES string of the molecule is C=Cc1ccc(C(=O)NC2CCC(Cc3cn(C(c4ccccc4)(c4ccccc4)c4ccccc4)cn3)CC2)cc1.